The summed E-state index contributed by atoms with van der Waals surface area (Å²) >= 11 is 1.83. The molecule has 0 saturated carbocycles. The molecule has 5 heterocycles. The van der Waals surface area contributed by atoms with Gasteiger partial charge in [-0.15, -0.1) is 11.8 Å². The van der Waals surface area contributed by atoms with Gasteiger partial charge in [0.1, 0.15) is 0 Å². The van der Waals surface area contributed by atoms with E-state index in [0.717, 1.165) is 57.4 Å². The van der Waals surface area contributed by atoms with Crippen molar-refractivity contribution in [2.45, 2.75) is 101 Å². The summed E-state index contributed by atoms with van der Waals surface area (Å²) in [5.74, 6) is 0.707. The Hall–Kier alpha value is -2.74. The first kappa shape index (κ1) is 49.3. The minimum Gasteiger partial charge on any atom is -0.378 e. The molecular formula is C40H71F2N5O6S. The highest BCUT2D eigenvalue weighted by Gasteiger charge is 2.40. The Balaban J connectivity index is 0.000000338. The molecule has 54 heavy (non-hydrogen) atoms. The number of nitrogens with zero attached hydrogens (tertiary/aromatic N) is 5. The van der Waals surface area contributed by atoms with Crippen LogP contribution in [0.15, 0.2) is 12.2 Å². The molecule has 0 N–H and O–H groups in total. The van der Waals surface area contributed by atoms with E-state index in [-0.39, 0.29) is 60.3 Å². The Bertz CT molecular complexity index is 1120. The van der Waals surface area contributed by atoms with Gasteiger partial charge in [0.25, 0.3) is 5.92 Å². The normalized spacial score (nSPS) is 19.2. The van der Waals surface area contributed by atoms with Crippen LogP contribution in [0.1, 0.15) is 94.9 Å². The van der Waals surface area contributed by atoms with Crippen LogP contribution in [0.25, 0.3) is 0 Å². The number of carbonyl (C=O) groups excluding carboxylic acids is 5. The van der Waals surface area contributed by atoms with Gasteiger partial charge >= 0.3 is 0 Å². The average Bonchev–Trinajstić information content (AvgIpc) is 3.95. The van der Waals surface area contributed by atoms with E-state index in [2.05, 4.69) is 0 Å². The first-order valence-corrected chi connectivity index (χ1v) is 21.1. The summed E-state index contributed by atoms with van der Waals surface area (Å²) in [5.41, 5.74) is 0. The number of thioether (sulfide) groups is 1. The van der Waals surface area contributed by atoms with Gasteiger partial charge in [-0.3, -0.25) is 24.0 Å². The van der Waals surface area contributed by atoms with Crippen molar-refractivity contribution >= 4 is 41.3 Å². The van der Waals surface area contributed by atoms with Gasteiger partial charge in [0.05, 0.1) is 25.6 Å². The van der Waals surface area contributed by atoms with Crippen LogP contribution in [0.4, 0.5) is 8.78 Å². The van der Waals surface area contributed by atoms with Crippen molar-refractivity contribution in [1.29, 1.82) is 0 Å². The summed E-state index contributed by atoms with van der Waals surface area (Å²) in [4.78, 5) is 65.4. The Labute approximate surface area is 328 Å². The number of amides is 5. The fourth-order valence-electron chi connectivity index (χ4n) is 5.89. The van der Waals surface area contributed by atoms with Crippen LogP contribution in [0.3, 0.4) is 0 Å². The number of rotatable bonds is 5. The second-order valence-electron chi connectivity index (χ2n) is 15.8. The third-order valence-corrected chi connectivity index (χ3v) is 10.1. The van der Waals surface area contributed by atoms with Crippen molar-refractivity contribution in [3.63, 3.8) is 0 Å². The number of ether oxygens (including phenoxy) is 1. The number of piperidine rings is 1. The molecule has 5 aliphatic rings. The molecule has 312 valence electrons. The minimum atomic E-state index is -2.66. The summed E-state index contributed by atoms with van der Waals surface area (Å²) in [6.07, 6.45) is 7.55. The molecule has 14 heteroatoms. The van der Waals surface area contributed by atoms with E-state index in [1.807, 2.05) is 98.9 Å². The van der Waals surface area contributed by atoms with Crippen molar-refractivity contribution < 1.29 is 37.5 Å². The maximum absolute atomic E-state index is 12.6. The zero-order valence-corrected chi connectivity index (χ0v) is 35.7. The third kappa shape index (κ3) is 18.7. The lowest BCUT2D eigenvalue weighted by Gasteiger charge is -2.28. The van der Waals surface area contributed by atoms with Gasteiger partial charge in [-0.25, -0.2) is 8.78 Å². The smallest absolute Gasteiger partial charge is 0.267 e. The number of alkyl halides is 2. The first-order valence-electron chi connectivity index (χ1n) is 19.9. The second kappa shape index (κ2) is 25.4. The van der Waals surface area contributed by atoms with Crippen LogP contribution in [0.2, 0.25) is 0 Å². The topological polar surface area (TPSA) is 111 Å². The molecule has 0 unspecified atom stereocenters. The highest BCUT2D eigenvalue weighted by molar-refractivity contribution is 7.99. The number of halogens is 2. The minimum absolute atomic E-state index is 0.119. The van der Waals surface area contributed by atoms with Crippen molar-refractivity contribution in [2.24, 2.45) is 29.6 Å². The highest BCUT2D eigenvalue weighted by atomic mass is 32.2. The summed E-state index contributed by atoms with van der Waals surface area (Å²) in [5, 5.41) is 0. The molecule has 11 nitrogen and oxygen atoms in total. The molecule has 4 fully saturated rings. The molecule has 0 bridgehead atoms. The lowest BCUT2D eigenvalue weighted by molar-refractivity contribution is -0.138. The maximum Gasteiger partial charge on any atom is 0.267 e. The van der Waals surface area contributed by atoms with E-state index < -0.39 is 12.5 Å². The summed E-state index contributed by atoms with van der Waals surface area (Å²) in [6.45, 7) is 26.2. The molecule has 0 aromatic carbocycles. The predicted octanol–water partition coefficient (Wildman–Crippen LogP) is 5.88. The van der Waals surface area contributed by atoms with Crippen LogP contribution < -0.4 is 0 Å². The molecule has 0 aromatic rings. The quantitative estimate of drug-likeness (QED) is 0.320. The lowest BCUT2D eigenvalue weighted by Crippen LogP contribution is -2.42. The molecule has 0 aliphatic carbocycles. The van der Waals surface area contributed by atoms with Crippen LogP contribution in [0, 0.1) is 29.6 Å². The number of morpholine rings is 1. The highest BCUT2D eigenvalue weighted by Crippen LogP contribution is 2.27. The molecule has 4 saturated heterocycles. The Morgan fingerprint density at radius 3 is 1.33 bits per heavy atom. The van der Waals surface area contributed by atoms with Crippen LogP contribution >= 0.6 is 11.8 Å². The Kier molecular flexibility index (Phi) is 23.2. The van der Waals surface area contributed by atoms with Crippen LogP contribution in [-0.2, 0) is 28.7 Å². The first-order chi connectivity index (χ1) is 25.3. The van der Waals surface area contributed by atoms with Gasteiger partial charge in [0, 0.05) is 94.1 Å². The summed E-state index contributed by atoms with van der Waals surface area (Å²) < 4.78 is 30.4. The van der Waals surface area contributed by atoms with Crippen molar-refractivity contribution in [2.75, 3.05) is 83.7 Å². The van der Waals surface area contributed by atoms with Gasteiger partial charge in [-0.05, 0) is 19.3 Å². The number of hydrogen-bond acceptors (Lipinski definition) is 7. The van der Waals surface area contributed by atoms with Crippen LogP contribution in [0.5, 0.6) is 0 Å². The predicted molar refractivity (Wildman–Crippen MR) is 213 cm³/mol. The molecule has 5 aliphatic heterocycles. The van der Waals surface area contributed by atoms with Crippen molar-refractivity contribution in [1.82, 2.24) is 24.5 Å². The fourth-order valence-corrected chi connectivity index (χ4v) is 6.85. The van der Waals surface area contributed by atoms with Crippen molar-refractivity contribution in [3.8, 4) is 0 Å². The fraction of sp³-hybridized carbons (Fsp3) is 0.825. The van der Waals surface area contributed by atoms with Gasteiger partial charge in [-0.2, -0.15) is 0 Å². The molecule has 5 amide bonds. The van der Waals surface area contributed by atoms with E-state index in [1.165, 1.54) is 24.2 Å². The second-order valence-corrected chi connectivity index (χ2v) is 16.9. The standard InChI is InChI=1S/C9H17NO.C8H13F2NO.C8H15NO2.C8H13NO.C7H13NOS/c1-8(2)9(11)10-6-4-3-5-7-10;1-6(2)7(12)11-4-3-8(9,10)5-11;1-7(2)8(10)9-3-5-11-6-4-9;1-7(2)8(10)9-5-3-4-6-9;1-6(2)7(9)8-3-4-10-5-8/h8H,3-7H2,1-2H3;6H,3-5H2,1-2H3;7H,3-6H2,1-2H3;3-4,7H,5-6H2,1-2H3;6H,3-5H2,1-2H3. The number of carbonyl (C=O) groups is 5. The average molecular weight is 788 g/mol. The Morgan fingerprint density at radius 2 is 0.944 bits per heavy atom. The van der Waals surface area contributed by atoms with Gasteiger partial charge in [0.15, 0.2) is 0 Å². The van der Waals surface area contributed by atoms with Gasteiger partial charge < -0.3 is 29.2 Å². The third-order valence-electron chi connectivity index (χ3n) is 9.14. The molecule has 0 radical (unpaired) electrons. The zero-order chi connectivity index (χ0) is 41.0. The zero-order valence-electron chi connectivity index (χ0n) is 34.9. The van der Waals surface area contributed by atoms with E-state index in [4.69, 9.17) is 4.74 Å². The maximum atomic E-state index is 12.6. The summed E-state index contributed by atoms with van der Waals surface area (Å²) in [6, 6.07) is 0. The van der Waals surface area contributed by atoms with E-state index in [0.29, 0.717) is 25.0 Å². The molecule has 5 rings (SSSR count). The monoisotopic (exact) mass is 788 g/mol. The van der Waals surface area contributed by atoms with E-state index in [9.17, 15) is 32.8 Å². The largest absolute Gasteiger partial charge is 0.378 e. The molecule has 0 atom stereocenters. The Morgan fingerprint density at radius 1 is 0.537 bits per heavy atom. The SMILES string of the molecule is CC(C)C(=O)N1CC=CC1.CC(C)C(=O)N1CCC(F)(F)C1.CC(C)C(=O)N1CCCCC1.CC(C)C(=O)N1CCOCC1.CC(C)C(=O)N1CCSC1. The number of hydrogen-bond donors (Lipinski definition) is 0. The van der Waals surface area contributed by atoms with Gasteiger partial charge in [-0.1, -0.05) is 81.4 Å². The number of likely N-dealkylation sites (tertiary alicyclic amines) is 2. The summed E-state index contributed by atoms with van der Waals surface area (Å²) in [7, 11) is 0. The van der Waals surface area contributed by atoms with Crippen LogP contribution in [-0.4, -0.2) is 144 Å². The molecule has 0 aromatic heterocycles. The lowest BCUT2D eigenvalue weighted by atomic mass is 10.1. The molecule has 0 spiro atoms. The van der Waals surface area contributed by atoms with E-state index in [1.54, 1.807) is 13.8 Å². The van der Waals surface area contributed by atoms with Crippen molar-refractivity contribution in [3.05, 3.63) is 12.2 Å². The van der Waals surface area contributed by atoms with E-state index >= 15 is 0 Å². The molecular weight excluding hydrogens is 717 g/mol. The van der Waals surface area contributed by atoms with Gasteiger partial charge in [0.2, 0.25) is 29.5 Å².